The normalized spacial score (nSPS) is 40.3. The number of rotatable bonds is 1. The molecule has 1 heterocycles. The smallest absolute Gasteiger partial charge is 0.218 e. The fourth-order valence-corrected chi connectivity index (χ4v) is 0.453. The van der Waals surface area contributed by atoms with E-state index in [1.165, 1.54) is 0 Å². The van der Waals surface area contributed by atoms with Crippen molar-refractivity contribution in [2.75, 3.05) is 0 Å². The molecule has 42 valence electrons. The molecule has 0 amide bonds. The summed E-state index contributed by atoms with van der Waals surface area (Å²) in [5, 5.41) is 8.56. The molecule has 0 aliphatic carbocycles. The van der Waals surface area contributed by atoms with Crippen molar-refractivity contribution < 1.29 is 14.9 Å². The summed E-state index contributed by atoms with van der Waals surface area (Å²) in [5.41, 5.74) is 0. The van der Waals surface area contributed by atoms with Gasteiger partial charge in [0.05, 0.1) is 0 Å². The monoisotopic (exact) mass is 104 g/mol. The summed E-state index contributed by atoms with van der Waals surface area (Å²) in [7, 11) is 0. The molecule has 0 spiro atoms. The van der Waals surface area contributed by atoms with E-state index in [9.17, 15) is 0 Å². The highest BCUT2D eigenvalue weighted by Crippen LogP contribution is 2.16. The summed E-state index contributed by atoms with van der Waals surface area (Å²) in [6.45, 7) is 1.93. The van der Waals surface area contributed by atoms with Crippen LogP contribution >= 0.6 is 0 Å². The summed E-state index contributed by atoms with van der Waals surface area (Å²) in [5.74, 6) is 0. The lowest BCUT2D eigenvalue weighted by molar-refractivity contribution is -0.512. The molecule has 1 fully saturated rings. The molecule has 2 unspecified atom stereocenters. The zero-order valence-corrected chi connectivity index (χ0v) is 4.13. The molecule has 0 radical (unpaired) electrons. The van der Waals surface area contributed by atoms with Crippen LogP contribution in [0, 0.1) is 0 Å². The average Bonchev–Trinajstić information content (AvgIpc) is 1.65. The van der Waals surface area contributed by atoms with Crippen molar-refractivity contribution in [1.29, 1.82) is 0 Å². The highest BCUT2D eigenvalue weighted by molar-refractivity contribution is 4.59. The maximum Gasteiger partial charge on any atom is 0.218 e. The lowest BCUT2D eigenvalue weighted by Gasteiger charge is -2.29. The molecule has 0 bridgehead atoms. The van der Waals surface area contributed by atoms with E-state index in [4.69, 9.17) is 5.11 Å². The van der Waals surface area contributed by atoms with Crippen LogP contribution in [0.2, 0.25) is 0 Å². The largest absolute Gasteiger partial charge is 0.364 e. The molecule has 7 heavy (non-hydrogen) atoms. The van der Waals surface area contributed by atoms with Crippen molar-refractivity contribution in [3.05, 3.63) is 0 Å². The molecule has 1 aliphatic heterocycles. The first-order chi connectivity index (χ1) is 3.34. The van der Waals surface area contributed by atoms with Crippen LogP contribution in [0.5, 0.6) is 0 Å². The van der Waals surface area contributed by atoms with Gasteiger partial charge < -0.3 is 5.11 Å². The Morgan fingerprint density at radius 2 is 2.29 bits per heavy atom. The standard InChI is InChI=1S/C4H8O3/c1-2-3-4(5)7-6-3/h3-5H,2H2,1H3. The first-order valence-electron chi connectivity index (χ1n) is 2.34. The van der Waals surface area contributed by atoms with Crippen molar-refractivity contribution >= 4 is 0 Å². The first-order valence-corrected chi connectivity index (χ1v) is 2.34. The van der Waals surface area contributed by atoms with Crippen LogP contribution in [0.15, 0.2) is 0 Å². The van der Waals surface area contributed by atoms with Gasteiger partial charge in [-0.2, -0.15) is 0 Å². The fraction of sp³-hybridized carbons (Fsp3) is 1.00. The van der Waals surface area contributed by atoms with Gasteiger partial charge in [-0.05, 0) is 6.42 Å². The molecule has 1 aliphatic rings. The maximum absolute atomic E-state index is 8.56. The Morgan fingerprint density at radius 3 is 2.29 bits per heavy atom. The third-order valence-corrected chi connectivity index (χ3v) is 0.998. The molecule has 1 saturated heterocycles. The molecule has 0 saturated carbocycles. The minimum absolute atomic E-state index is 0.0833. The van der Waals surface area contributed by atoms with Gasteiger partial charge in [-0.3, -0.25) is 0 Å². The SMILES string of the molecule is CCC1OOC1O. The van der Waals surface area contributed by atoms with Crippen LogP contribution in [-0.2, 0) is 9.78 Å². The van der Waals surface area contributed by atoms with E-state index in [2.05, 4.69) is 9.78 Å². The third kappa shape index (κ3) is 0.748. The van der Waals surface area contributed by atoms with Gasteiger partial charge >= 0.3 is 0 Å². The highest BCUT2D eigenvalue weighted by Gasteiger charge is 2.30. The maximum atomic E-state index is 8.56. The van der Waals surface area contributed by atoms with Crippen molar-refractivity contribution in [2.24, 2.45) is 0 Å². The van der Waals surface area contributed by atoms with Gasteiger partial charge in [0, 0.05) is 0 Å². The second-order valence-corrected chi connectivity index (χ2v) is 1.53. The van der Waals surface area contributed by atoms with Crippen molar-refractivity contribution in [2.45, 2.75) is 25.7 Å². The second kappa shape index (κ2) is 1.78. The van der Waals surface area contributed by atoms with Crippen LogP contribution in [-0.4, -0.2) is 17.5 Å². The molecule has 1 N–H and O–H groups in total. The first kappa shape index (κ1) is 5.03. The van der Waals surface area contributed by atoms with Gasteiger partial charge in [-0.1, -0.05) is 6.92 Å². The predicted octanol–water partition coefficient (Wildman–Crippen LogP) is 0.0452. The van der Waals surface area contributed by atoms with Crippen LogP contribution < -0.4 is 0 Å². The van der Waals surface area contributed by atoms with Crippen molar-refractivity contribution in [3.8, 4) is 0 Å². The van der Waals surface area contributed by atoms with Gasteiger partial charge in [0.1, 0.15) is 6.10 Å². The summed E-state index contributed by atoms with van der Waals surface area (Å²) in [6.07, 6.45) is 0.0475. The van der Waals surface area contributed by atoms with E-state index in [1.807, 2.05) is 6.92 Å². The summed E-state index contributed by atoms with van der Waals surface area (Å²) >= 11 is 0. The number of hydrogen-bond acceptors (Lipinski definition) is 3. The number of aliphatic hydroxyl groups is 1. The summed E-state index contributed by atoms with van der Waals surface area (Å²) in [6, 6.07) is 0. The average molecular weight is 104 g/mol. The second-order valence-electron chi connectivity index (χ2n) is 1.53. The Kier molecular flexibility index (Phi) is 1.27. The van der Waals surface area contributed by atoms with Crippen LogP contribution in [0.3, 0.4) is 0 Å². The quantitative estimate of drug-likeness (QED) is 0.477. The molecule has 0 aromatic carbocycles. The molecular weight excluding hydrogens is 96.0 g/mol. The van der Waals surface area contributed by atoms with Gasteiger partial charge in [0.2, 0.25) is 6.29 Å². The molecular formula is C4H8O3. The summed E-state index contributed by atoms with van der Waals surface area (Å²) in [4.78, 5) is 8.63. The molecule has 2 atom stereocenters. The fourth-order valence-electron chi connectivity index (χ4n) is 0.453. The topological polar surface area (TPSA) is 38.7 Å². The van der Waals surface area contributed by atoms with Crippen molar-refractivity contribution in [3.63, 3.8) is 0 Å². The van der Waals surface area contributed by atoms with E-state index in [1.54, 1.807) is 0 Å². The Hall–Kier alpha value is -0.120. The minimum atomic E-state index is -0.676. The van der Waals surface area contributed by atoms with E-state index in [-0.39, 0.29) is 6.10 Å². The lowest BCUT2D eigenvalue weighted by atomic mass is 10.2. The predicted molar refractivity (Wildman–Crippen MR) is 22.3 cm³/mol. The van der Waals surface area contributed by atoms with E-state index >= 15 is 0 Å². The van der Waals surface area contributed by atoms with E-state index < -0.39 is 6.29 Å². The minimum Gasteiger partial charge on any atom is -0.364 e. The number of hydrogen-bond donors (Lipinski definition) is 1. The molecule has 0 aromatic heterocycles. The Morgan fingerprint density at radius 1 is 1.57 bits per heavy atom. The van der Waals surface area contributed by atoms with Gasteiger partial charge in [0.25, 0.3) is 0 Å². The van der Waals surface area contributed by atoms with E-state index in [0.29, 0.717) is 0 Å². The third-order valence-electron chi connectivity index (χ3n) is 0.998. The zero-order valence-electron chi connectivity index (χ0n) is 4.13. The van der Waals surface area contributed by atoms with Crippen LogP contribution in [0.4, 0.5) is 0 Å². The van der Waals surface area contributed by atoms with Gasteiger partial charge in [0.15, 0.2) is 0 Å². The van der Waals surface area contributed by atoms with Gasteiger partial charge in [-0.15, -0.1) is 0 Å². The lowest BCUT2D eigenvalue weighted by Crippen LogP contribution is -2.41. The number of aliphatic hydroxyl groups excluding tert-OH is 1. The molecule has 3 nitrogen and oxygen atoms in total. The Balaban J connectivity index is 2.16. The van der Waals surface area contributed by atoms with E-state index in [0.717, 1.165) is 6.42 Å². The zero-order chi connectivity index (χ0) is 5.28. The summed E-state index contributed by atoms with van der Waals surface area (Å²) < 4.78 is 0. The van der Waals surface area contributed by atoms with Crippen LogP contribution in [0.1, 0.15) is 13.3 Å². The molecule has 3 heteroatoms. The van der Waals surface area contributed by atoms with Gasteiger partial charge in [-0.25, -0.2) is 9.78 Å². The molecule has 0 aromatic rings. The van der Waals surface area contributed by atoms with Crippen molar-refractivity contribution in [1.82, 2.24) is 0 Å². The Bertz CT molecular complexity index is 62.0. The highest BCUT2D eigenvalue weighted by atomic mass is 17.3. The molecule has 1 rings (SSSR count). The van der Waals surface area contributed by atoms with Crippen LogP contribution in [0.25, 0.3) is 0 Å². The Labute approximate surface area is 41.8 Å².